The molecule has 5 rings (SSSR count). The Labute approximate surface area is 242 Å². The smallest absolute Gasteiger partial charge is 0.175 e. The van der Waals surface area contributed by atoms with Gasteiger partial charge in [-0.1, -0.05) is 34.9 Å². The summed E-state index contributed by atoms with van der Waals surface area (Å²) in [5.74, 6) is 0.785. The number of carbonyl (C=O) groups excluding carboxylic acids is 2. The number of hydrogen-bond acceptors (Lipinski definition) is 9. The minimum atomic E-state index is 0.0876. The number of Topliss-reactive ketones (excluding diaryl/α,β-unsaturated/α-hetero) is 2. The van der Waals surface area contributed by atoms with Gasteiger partial charge >= 0.3 is 0 Å². The number of carbonyl (C=O) groups is 2. The van der Waals surface area contributed by atoms with Crippen molar-refractivity contribution in [3.63, 3.8) is 0 Å². The van der Waals surface area contributed by atoms with Crippen LogP contribution in [0.15, 0.2) is 20.8 Å². The molecule has 2 atom stereocenters. The van der Waals surface area contributed by atoms with Crippen LogP contribution in [-0.2, 0) is 22.6 Å². The maximum absolute atomic E-state index is 13.0. The molecule has 0 amide bonds. The molecule has 11 heteroatoms. The zero-order valence-corrected chi connectivity index (χ0v) is 25.5. The topological polar surface area (TPSA) is 88.2 Å². The summed E-state index contributed by atoms with van der Waals surface area (Å²) in [6.07, 6.45) is 4.81. The summed E-state index contributed by atoms with van der Waals surface area (Å²) in [5.41, 5.74) is 5.69. The summed E-state index contributed by atoms with van der Waals surface area (Å²) >= 11 is 4.24. The predicted octanol–water partition coefficient (Wildman–Crippen LogP) is 5.68. The zero-order chi connectivity index (χ0) is 27.5. The van der Waals surface area contributed by atoms with E-state index in [-0.39, 0.29) is 23.8 Å². The molecule has 0 radical (unpaired) electrons. The number of hydrogen-bond donors (Lipinski definition) is 0. The second-order valence-electron chi connectivity index (χ2n) is 10.3. The molecule has 0 bridgehead atoms. The molecular formula is C28H36N4O4S3. The van der Waals surface area contributed by atoms with Gasteiger partial charge in [0.05, 0.1) is 23.7 Å². The van der Waals surface area contributed by atoms with Crippen molar-refractivity contribution in [1.82, 2.24) is 19.3 Å². The highest BCUT2D eigenvalue weighted by atomic mass is 32.2. The van der Waals surface area contributed by atoms with Crippen molar-refractivity contribution in [1.29, 1.82) is 0 Å². The maximum atomic E-state index is 13.0. The molecule has 0 N–H and O–H groups in total. The number of ether oxygens (including phenoxy) is 2. The maximum Gasteiger partial charge on any atom is 0.175 e. The fraction of sp³-hybridized carbons (Fsp3) is 0.571. The normalized spacial score (nSPS) is 19.3. The van der Waals surface area contributed by atoms with Gasteiger partial charge in [-0.05, 0) is 65.5 Å². The highest BCUT2D eigenvalue weighted by Gasteiger charge is 2.23. The molecule has 39 heavy (non-hydrogen) atoms. The first-order chi connectivity index (χ1) is 18.8. The van der Waals surface area contributed by atoms with E-state index in [0.717, 1.165) is 94.6 Å². The lowest BCUT2D eigenvalue weighted by Gasteiger charge is -2.14. The molecule has 0 unspecified atom stereocenters. The van der Waals surface area contributed by atoms with Gasteiger partial charge in [0.15, 0.2) is 20.2 Å². The zero-order valence-electron chi connectivity index (χ0n) is 23.0. The third-order valence-corrected chi connectivity index (χ3v) is 10.8. The number of thioether (sulfide) groups is 2. The molecule has 0 spiro atoms. The Morgan fingerprint density at radius 3 is 1.64 bits per heavy atom. The van der Waals surface area contributed by atoms with Crippen molar-refractivity contribution in [3.8, 4) is 0 Å². The predicted molar refractivity (Wildman–Crippen MR) is 156 cm³/mol. The van der Waals surface area contributed by atoms with E-state index in [1.807, 2.05) is 39.8 Å². The Kier molecular flexibility index (Phi) is 9.33. The first kappa shape index (κ1) is 28.6. The van der Waals surface area contributed by atoms with Crippen LogP contribution in [0.3, 0.4) is 0 Å². The van der Waals surface area contributed by atoms with E-state index in [1.165, 1.54) is 34.9 Å². The summed E-state index contributed by atoms with van der Waals surface area (Å²) < 4.78 is 17.4. The average Bonchev–Trinajstić information content (AvgIpc) is 3.75. The van der Waals surface area contributed by atoms with Crippen molar-refractivity contribution in [2.75, 3.05) is 24.7 Å². The van der Waals surface area contributed by atoms with Crippen LogP contribution in [0.1, 0.15) is 69.2 Å². The van der Waals surface area contributed by atoms with Crippen LogP contribution >= 0.6 is 34.9 Å². The van der Waals surface area contributed by atoms with Gasteiger partial charge in [-0.2, -0.15) is 0 Å². The summed E-state index contributed by atoms with van der Waals surface area (Å²) in [5, 5.41) is 8.49. The van der Waals surface area contributed by atoms with E-state index in [2.05, 4.69) is 19.3 Å². The van der Waals surface area contributed by atoms with E-state index in [0.29, 0.717) is 11.5 Å². The number of ketones is 2. The van der Waals surface area contributed by atoms with Gasteiger partial charge in [-0.15, -0.1) is 10.2 Å². The van der Waals surface area contributed by atoms with Gasteiger partial charge in [-0.3, -0.25) is 9.59 Å². The molecule has 210 valence electrons. The van der Waals surface area contributed by atoms with E-state index >= 15 is 0 Å². The number of nitrogens with zero attached hydrogens (tertiary/aromatic N) is 4. The largest absolute Gasteiger partial charge is 0.376 e. The Morgan fingerprint density at radius 2 is 1.26 bits per heavy atom. The lowest BCUT2D eigenvalue weighted by atomic mass is 10.2. The second kappa shape index (κ2) is 12.7. The van der Waals surface area contributed by atoms with Crippen LogP contribution in [-0.4, -0.2) is 67.8 Å². The van der Waals surface area contributed by atoms with Crippen LogP contribution in [0.5, 0.6) is 0 Å². The Morgan fingerprint density at radius 1 is 0.821 bits per heavy atom. The fourth-order valence-corrected chi connectivity index (χ4v) is 8.22. The van der Waals surface area contributed by atoms with Gasteiger partial charge in [-0.25, -0.2) is 0 Å². The molecule has 3 aromatic rings. The highest BCUT2D eigenvalue weighted by Crippen LogP contribution is 2.31. The number of aromatic nitrogens is 4. The standard InChI is InChI=1S/C28H36N4O4S3/c1-17-11-23(19(3)31(17)13-21-7-5-9-35-21)25(33)15-37-27-29-30-28(39-27)38-16-26(34)24-12-18(2)32(20(24)4)14-22-8-6-10-36-22/h11-12,21-22H,5-10,13-16H2,1-4H3/t21-,22-/m0/s1. The second-order valence-corrected chi connectivity index (χ2v) is 13.7. The van der Waals surface area contributed by atoms with Crippen LogP contribution in [0.25, 0.3) is 0 Å². The lowest BCUT2D eigenvalue weighted by molar-refractivity contribution is 0.0957. The van der Waals surface area contributed by atoms with Crippen molar-refractivity contribution in [3.05, 3.63) is 46.0 Å². The highest BCUT2D eigenvalue weighted by molar-refractivity contribution is 8.03. The first-order valence-corrected chi connectivity index (χ1v) is 16.3. The quantitative estimate of drug-likeness (QED) is 0.197. The van der Waals surface area contributed by atoms with Crippen LogP contribution in [0.4, 0.5) is 0 Å². The van der Waals surface area contributed by atoms with E-state index in [9.17, 15) is 9.59 Å². The van der Waals surface area contributed by atoms with Gasteiger partial charge in [0.1, 0.15) is 0 Å². The molecule has 2 fully saturated rings. The average molecular weight is 589 g/mol. The number of aryl methyl sites for hydroxylation is 2. The summed E-state index contributed by atoms with van der Waals surface area (Å²) in [6.45, 7) is 11.4. The molecular weight excluding hydrogens is 553 g/mol. The number of rotatable bonds is 12. The molecule has 0 saturated carbocycles. The molecule has 8 nitrogen and oxygen atoms in total. The molecule has 3 aromatic heterocycles. The SMILES string of the molecule is Cc1cc(C(=O)CSc2nnc(SCC(=O)c3cc(C)n(C[C@@H]4CCCO4)c3C)s2)c(C)n1C[C@@H]1CCCO1. The van der Waals surface area contributed by atoms with Gasteiger partial charge in [0.25, 0.3) is 0 Å². The van der Waals surface area contributed by atoms with Crippen molar-refractivity contribution < 1.29 is 19.1 Å². The summed E-state index contributed by atoms with van der Waals surface area (Å²) in [7, 11) is 0. The van der Waals surface area contributed by atoms with Gasteiger partial charge < -0.3 is 18.6 Å². The van der Waals surface area contributed by atoms with Crippen LogP contribution < -0.4 is 0 Å². The Balaban J connectivity index is 1.13. The third kappa shape index (κ3) is 6.70. The summed E-state index contributed by atoms with van der Waals surface area (Å²) in [6, 6.07) is 3.97. The van der Waals surface area contributed by atoms with Crippen molar-refractivity contribution in [2.45, 2.75) is 87.4 Å². The van der Waals surface area contributed by atoms with Crippen LogP contribution in [0.2, 0.25) is 0 Å². The minimum absolute atomic E-state index is 0.0876. The molecule has 2 aliphatic rings. The van der Waals surface area contributed by atoms with E-state index in [4.69, 9.17) is 9.47 Å². The van der Waals surface area contributed by atoms with Gasteiger partial charge in [0.2, 0.25) is 0 Å². The molecule has 0 aromatic carbocycles. The fourth-order valence-electron chi connectivity index (χ4n) is 5.44. The Hall–Kier alpha value is -1.92. The Bertz CT molecular complexity index is 1230. The molecule has 0 aliphatic carbocycles. The minimum Gasteiger partial charge on any atom is -0.376 e. The summed E-state index contributed by atoms with van der Waals surface area (Å²) in [4.78, 5) is 26.0. The lowest BCUT2D eigenvalue weighted by Crippen LogP contribution is -2.17. The van der Waals surface area contributed by atoms with Crippen LogP contribution in [0, 0.1) is 27.7 Å². The molecule has 2 saturated heterocycles. The first-order valence-electron chi connectivity index (χ1n) is 13.5. The molecule has 5 heterocycles. The van der Waals surface area contributed by atoms with Crippen molar-refractivity contribution >= 4 is 46.4 Å². The van der Waals surface area contributed by atoms with E-state index < -0.39 is 0 Å². The van der Waals surface area contributed by atoms with E-state index in [1.54, 1.807) is 0 Å². The third-order valence-electron chi connectivity index (χ3n) is 7.61. The van der Waals surface area contributed by atoms with Crippen molar-refractivity contribution in [2.24, 2.45) is 0 Å². The van der Waals surface area contributed by atoms with Gasteiger partial charge in [0, 0.05) is 60.2 Å². The molecule has 2 aliphatic heterocycles. The monoisotopic (exact) mass is 588 g/mol.